The Morgan fingerprint density at radius 1 is 1.20 bits per heavy atom. The van der Waals surface area contributed by atoms with Crippen LogP contribution in [0.2, 0.25) is 0 Å². The van der Waals surface area contributed by atoms with Gasteiger partial charge in [0.25, 0.3) is 0 Å². The zero-order valence-corrected chi connectivity index (χ0v) is 9.76. The molecule has 1 rings (SSSR count). The second-order valence-electron chi connectivity index (χ2n) is 4.41. The van der Waals surface area contributed by atoms with Gasteiger partial charge in [-0.05, 0) is 48.1 Å². The molecule has 0 aliphatic rings. The van der Waals surface area contributed by atoms with Crippen molar-refractivity contribution in [2.24, 2.45) is 5.73 Å². The van der Waals surface area contributed by atoms with Crippen LogP contribution in [0.3, 0.4) is 0 Å². The summed E-state index contributed by atoms with van der Waals surface area (Å²) >= 11 is 0. The van der Waals surface area contributed by atoms with Gasteiger partial charge < -0.3 is 5.73 Å². The maximum atomic E-state index is 13.2. The van der Waals surface area contributed by atoms with Crippen molar-refractivity contribution in [3.63, 3.8) is 0 Å². The first-order valence-electron chi connectivity index (χ1n) is 5.55. The lowest BCUT2D eigenvalue weighted by molar-refractivity contribution is 0.611. The van der Waals surface area contributed by atoms with Crippen LogP contribution in [0.5, 0.6) is 0 Å². The standard InChI is InChI=1S/C13H20FN/c1-9(2)12-5-4-11(14)8-13(12)10(3)6-7-15/h4-5,8-10H,6-7,15H2,1-3H3. The van der Waals surface area contributed by atoms with Crippen LogP contribution < -0.4 is 5.73 Å². The summed E-state index contributed by atoms with van der Waals surface area (Å²) in [5.41, 5.74) is 7.88. The Labute approximate surface area is 91.5 Å². The minimum atomic E-state index is -0.154. The van der Waals surface area contributed by atoms with Gasteiger partial charge in [-0.3, -0.25) is 0 Å². The quantitative estimate of drug-likeness (QED) is 0.808. The molecule has 15 heavy (non-hydrogen) atoms. The number of halogens is 1. The minimum absolute atomic E-state index is 0.154. The molecule has 1 aromatic carbocycles. The highest BCUT2D eigenvalue weighted by Crippen LogP contribution is 2.28. The summed E-state index contributed by atoms with van der Waals surface area (Å²) < 4.78 is 13.2. The smallest absolute Gasteiger partial charge is 0.123 e. The third kappa shape index (κ3) is 3.03. The first-order chi connectivity index (χ1) is 7.06. The molecule has 0 saturated carbocycles. The van der Waals surface area contributed by atoms with Crippen LogP contribution in [0.1, 0.15) is 50.2 Å². The van der Waals surface area contributed by atoms with E-state index in [0.717, 1.165) is 12.0 Å². The molecule has 0 aliphatic carbocycles. The number of hydrogen-bond acceptors (Lipinski definition) is 1. The first kappa shape index (κ1) is 12.2. The van der Waals surface area contributed by atoms with E-state index in [1.165, 1.54) is 11.6 Å². The Bertz CT molecular complexity index is 320. The average Bonchev–Trinajstić information content (AvgIpc) is 2.17. The number of hydrogen-bond donors (Lipinski definition) is 1. The van der Waals surface area contributed by atoms with Crippen molar-refractivity contribution in [3.8, 4) is 0 Å². The molecule has 0 bridgehead atoms. The summed E-state index contributed by atoms with van der Waals surface area (Å²) in [5, 5.41) is 0. The molecular formula is C13H20FN. The third-order valence-electron chi connectivity index (χ3n) is 2.80. The summed E-state index contributed by atoms with van der Waals surface area (Å²) in [6.07, 6.45) is 0.906. The Balaban J connectivity index is 3.06. The van der Waals surface area contributed by atoms with E-state index in [0.29, 0.717) is 18.4 Å². The van der Waals surface area contributed by atoms with Gasteiger partial charge in [0.2, 0.25) is 0 Å². The van der Waals surface area contributed by atoms with Gasteiger partial charge in [0.15, 0.2) is 0 Å². The van der Waals surface area contributed by atoms with Gasteiger partial charge in [0, 0.05) is 0 Å². The van der Waals surface area contributed by atoms with Crippen LogP contribution in [-0.4, -0.2) is 6.54 Å². The number of nitrogens with two attached hydrogens (primary N) is 1. The number of rotatable bonds is 4. The van der Waals surface area contributed by atoms with Crippen LogP contribution in [0.25, 0.3) is 0 Å². The van der Waals surface area contributed by atoms with Gasteiger partial charge in [-0.2, -0.15) is 0 Å². The van der Waals surface area contributed by atoms with Crippen molar-refractivity contribution in [2.45, 2.75) is 39.0 Å². The largest absolute Gasteiger partial charge is 0.330 e. The molecule has 1 atom stereocenters. The second-order valence-corrected chi connectivity index (χ2v) is 4.41. The van der Waals surface area contributed by atoms with Gasteiger partial charge in [-0.1, -0.05) is 26.8 Å². The van der Waals surface area contributed by atoms with Gasteiger partial charge >= 0.3 is 0 Å². The molecule has 0 heterocycles. The van der Waals surface area contributed by atoms with Crippen LogP contribution >= 0.6 is 0 Å². The van der Waals surface area contributed by atoms with E-state index in [-0.39, 0.29) is 5.82 Å². The van der Waals surface area contributed by atoms with Crippen molar-refractivity contribution in [2.75, 3.05) is 6.54 Å². The van der Waals surface area contributed by atoms with Gasteiger partial charge in [-0.25, -0.2) is 4.39 Å². The van der Waals surface area contributed by atoms with E-state index >= 15 is 0 Å². The summed E-state index contributed by atoms with van der Waals surface area (Å²) in [6.45, 7) is 7.01. The van der Waals surface area contributed by atoms with E-state index < -0.39 is 0 Å². The molecule has 0 aliphatic heterocycles. The zero-order chi connectivity index (χ0) is 11.4. The van der Waals surface area contributed by atoms with E-state index in [1.807, 2.05) is 6.07 Å². The molecule has 0 spiro atoms. The Morgan fingerprint density at radius 2 is 1.87 bits per heavy atom. The zero-order valence-electron chi connectivity index (χ0n) is 9.76. The molecule has 0 radical (unpaired) electrons. The fraction of sp³-hybridized carbons (Fsp3) is 0.538. The molecule has 2 heteroatoms. The Hall–Kier alpha value is -0.890. The van der Waals surface area contributed by atoms with Crippen LogP contribution in [0.4, 0.5) is 4.39 Å². The fourth-order valence-electron chi connectivity index (χ4n) is 1.90. The monoisotopic (exact) mass is 209 g/mol. The second kappa shape index (κ2) is 5.26. The topological polar surface area (TPSA) is 26.0 Å². The average molecular weight is 209 g/mol. The lowest BCUT2D eigenvalue weighted by Crippen LogP contribution is -2.07. The molecule has 2 N–H and O–H groups in total. The van der Waals surface area contributed by atoms with E-state index in [4.69, 9.17) is 5.73 Å². The van der Waals surface area contributed by atoms with Crippen LogP contribution in [0, 0.1) is 5.82 Å². The predicted molar refractivity (Wildman–Crippen MR) is 62.6 cm³/mol. The van der Waals surface area contributed by atoms with E-state index in [2.05, 4.69) is 20.8 Å². The van der Waals surface area contributed by atoms with Gasteiger partial charge in [0.05, 0.1) is 0 Å². The van der Waals surface area contributed by atoms with E-state index in [1.54, 1.807) is 6.07 Å². The highest BCUT2D eigenvalue weighted by molar-refractivity contribution is 5.33. The minimum Gasteiger partial charge on any atom is -0.330 e. The molecule has 0 fully saturated rings. The highest BCUT2D eigenvalue weighted by Gasteiger charge is 2.13. The van der Waals surface area contributed by atoms with Crippen molar-refractivity contribution in [3.05, 3.63) is 35.1 Å². The maximum Gasteiger partial charge on any atom is 0.123 e. The van der Waals surface area contributed by atoms with E-state index in [9.17, 15) is 4.39 Å². The molecule has 1 nitrogen and oxygen atoms in total. The molecule has 0 amide bonds. The third-order valence-corrected chi connectivity index (χ3v) is 2.80. The van der Waals surface area contributed by atoms with Crippen molar-refractivity contribution >= 4 is 0 Å². The summed E-state index contributed by atoms with van der Waals surface area (Å²) in [7, 11) is 0. The van der Waals surface area contributed by atoms with Crippen molar-refractivity contribution in [1.82, 2.24) is 0 Å². The summed E-state index contributed by atoms with van der Waals surface area (Å²) in [4.78, 5) is 0. The van der Waals surface area contributed by atoms with Crippen LogP contribution in [-0.2, 0) is 0 Å². The maximum absolute atomic E-state index is 13.2. The molecule has 1 aromatic rings. The molecule has 0 aromatic heterocycles. The summed E-state index contributed by atoms with van der Waals surface area (Å²) in [5.74, 6) is 0.613. The summed E-state index contributed by atoms with van der Waals surface area (Å²) in [6, 6.07) is 5.08. The molecule has 1 unspecified atom stereocenters. The molecule has 0 saturated heterocycles. The fourth-order valence-corrected chi connectivity index (χ4v) is 1.90. The Morgan fingerprint density at radius 3 is 2.40 bits per heavy atom. The van der Waals surface area contributed by atoms with Crippen molar-refractivity contribution in [1.29, 1.82) is 0 Å². The SMILES string of the molecule is CC(C)c1ccc(F)cc1C(C)CCN. The molecular weight excluding hydrogens is 189 g/mol. The van der Waals surface area contributed by atoms with Gasteiger partial charge in [-0.15, -0.1) is 0 Å². The highest BCUT2D eigenvalue weighted by atomic mass is 19.1. The van der Waals surface area contributed by atoms with Crippen molar-refractivity contribution < 1.29 is 4.39 Å². The van der Waals surface area contributed by atoms with Crippen LogP contribution in [0.15, 0.2) is 18.2 Å². The normalized spacial score (nSPS) is 13.2. The lowest BCUT2D eigenvalue weighted by Gasteiger charge is -2.18. The lowest BCUT2D eigenvalue weighted by atomic mass is 9.88. The predicted octanol–water partition coefficient (Wildman–Crippen LogP) is 3.40. The molecule has 84 valence electrons. The number of benzene rings is 1. The Kier molecular flexibility index (Phi) is 4.28. The first-order valence-corrected chi connectivity index (χ1v) is 5.55. The van der Waals surface area contributed by atoms with Gasteiger partial charge in [0.1, 0.15) is 5.82 Å².